The van der Waals surface area contributed by atoms with E-state index in [1.165, 1.54) is 6.07 Å². The largest absolute Gasteiger partial charge is 0.416 e. The van der Waals surface area contributed by atoms with Crippen LogP contribution in [0.3, 0.4) is 0 Å². The van der Waals surface area contributed by atoms with Crippen LogP contribution >= 0.6 is 15.9 Å². The van der Waals surface area contributed by atoms with E-state index in [2.05, 4.69) is 31.4 Å². The zero-order valence-electron chi connectivity index (χ0n) is 9.05. The van der Waals surface area contributed by atoms with Gasteiger partial charge in [0.15, 0.2) is 0 Å². The van der Waals surface area contributed by atoms with Crippen LogP contribution in [0.1, 0.15) is 11.3 Å². The minimum absolute atomic E-state index is 0.372. The Morgan fingerprint density at radius 2 is 2.06 bits per heavy atom. The summed E-state index contributed by atoms with van der Waals surface area (Å²) in [6, 6.07) is 5.27. The van der Waals surface area contributed by atoms with E-state index in [0.29, 0.717) is 16.7 Å². The molecule has 0 aliphatic carbocycles. The maximum Gasteiger partial charge on any atom is 0.416 e. The molecule has 2 N–H and O–H groups in total. The van der Waals surface area contributed by atoms with Crippen LogP contribution in [-0.2, 0) is 12.7 Å². The molecule has 0 bridgehead atoms. The van der Waals surface area contributed by atoms with Crippen molar-refractivity contribution in [1.82, 2.24) is 10.2 Å². The van der Waals surface area contributed by atoms with Crippen molar-refractivity contribution in [3.8, 4) is 0 Å². The fraction of sp³-hybridized carbons (Fsp3) is 0.182. The maximum atomic E-state index is 12.5. The fourth-order valence-corrected chi connectivity index (χ4v) is 1.93. The first-order chi connectivity index (χ1) is 8.47. The Morgan fingerprint density at radius 3 is 2.61 bits per heavy atom. The number of anilines is 1. The van der Waals surface area contributed by atoms with Gasteiger partial charge < -0.3 is 5.32 Å². The molecule has 2 aromatic rings. The number of aromatic amines is 1. The van der Waals surface area contributed by atoms with E-state index in [0.717, 1.165) is 17.8 Å². The summed E-state index contributed by atoms with van der Waals surface area (Å²) >= 11 is 3.12. The number of alkyl halides is 3. The third-order valence-corrected chi connectivity index (χ3v) is 2.98. The molecule has 18 heavy (non-hydrogen) atoms. The minimum Gasteiger partial charge on any atom is -0.379 e. The molecule has 1 aromatic heterocycles. The first kappa shape index (κ1) is 12.9. The second kappa shape index (κ2) is 5.01. The lowest BCUT2D eigenvalue weighted by Crippen LogP contribution is -2.06. The molecule has 0 aliphatic heterocycles. The third-order valence-electron chi connectivity index (χ3n) is 2.32. The predicted molar refractivity (Wildman–Crippen MR) is 65.1 cm³/mol. The van der Waals surface area contributed by atoms with Crippen molar-refractivity contribution in [3.63, 3.8) is 0 Å². The molecule has 96 valence electrons. The number of hydrogen-bond donors (Lipinski definition) is 2. The van der Waals surface area contributed by atoms with Crippen molar-refractivity contribution in [3.05, 3.63) is 46.2 Å². The monoisotopic (exact) mass is 319 g/mol. The van der Waals surface area contributed by atoms with E-state index in [4.69, 9.17) is 0 Å². The van der Waals surface area contributed by atoms with E-state index in [9.17, 15) is 13.2 Å². The molecule has 0 radical (unpaired) electrons. The van der Waals surface area contributed by atoms with Crippen molar-refractivity contribution < 1.29 is 13.2 Å². The zero-order chi connectivity index (χ0) is 13.2. The quantitative estimate of drug-likeness (QED) is 0.903. The Balaban J connectivity index is 2.10. The summed E-state index contributed by atoms with van der Waals surface area (Å²) in [6.45, 7) is 0.462. The van der Waals surface area contributed by atoms with Gasteiger partial charge in [-0.2, -0.15) is 18.3 Å². The number of nitrogens with one attached hydrogen (secondary N) is 2. The van der Waals surface area contributed by atoms with Crippen LogP contribution in [0.15, 0.2) is 34.9 Å². The molecule has 0 aliphatic rings. The molecule has 0 spiro atoms. The predicted octanol–water partition coefficient (Wildman–Crippen LogP) is 3.80. The SMILES string of the molecule is FC(F)(F)c1ccc(NCc2ccn[nH]2)c(Br)c1. The number of halogens is 4. The zero-order valence-corrected chi connectivity index (χ0v) is 10.6. The van der Waals surface area contributed by atoms with Gasteiger partial charge in [-0.25, -0.2) is 0 Å². The molecule has 0 fully saturated rings. The van der Waals surface area contributed by atoms with Crippen molar-refractivity contribution in [2.75, 3.05) is 5.32 Å². The lowest BCUT2D eigenvalue weighted by atomic mass is 10.2. The van der Waals surface area contributed by atoms with Crippen LogP contribution < -0.4 is 5.32 Å². The average molecular weight is 320 g/mol. The molecule has 2 rings (SSSR count). The fourth-order valence-electron chi connectivity index (χ4n) is 1.41. The van der Waals surface area contributed by atoms with Gasteiger partial charge in [-0.3, -0.25) is 5.10 Å². The highest BCUT2D eigenvalue weighted by Gasteiger charge is 2.30. The molecular formula is C11H9BrF3N3. The van der Waals surface area contributed by atoms with Gasteiger partial charge in [-0.05, 0) is 40.2 Å². The van der Waals surface area contributed by atoms with Crippen molar-refractivity contribution >= 4 is 21.6 Å². The molecule has 1 aromatic carbocycles. The molecular weight excluding hydrogens is 311 g/mol. The van der Waals surface area contributed by atoms with Gasteiger partial charge in [-0.1, -0.05) is 0 Å². The lowest BCUT2D eigenvalue weighted by Gasteiger charge is -2.11. The number of nitrogens with zero attached hydrogens (tertiary/aromatic N) is 1. The summed E-state index contributed by atoms with van der Waals surface area (Å²) in [4.78, 5) is 0. The summed E-state index contributed by atoms with van der Waals surface area (Å²) in [6.07, 6.45) is -2.72. The Bertz CT molecular complexity index is 523. The molecule has 0 saturated heterocycles. The highest BCUT2D eigenvalue weighted by Crippen LogP contribution is 2.33. The Kier molecular flexibility index (Phi) is 3.60. The summed E-state index contributed by atoms with van der Waals surface area (Å²) in [5, 5.41) is 9.54. The summed E-state index contributed by atoms with van der Waals surface area (Å²) in [5.41, 5.74) is 0.765. The molecule has 0 saturated carbocycles. The molecule has 0 unspecified atom stereocenters. The smallest absolute Gasteiger partial charge is 0.379 e. The average Bonchev–Trinajstić information content (AvgIpc) is 2.79. The van der Waals surface area contributed by atoms with Gasteiger partial charge in [0.1, 0.15) is 0 Å². The Morgan fingerprint density at radius 1 is 1.28 bits per heavy atom. The number of rotatable bonds is 3. The number of H-pyrrole nitrogens is 1. The van der Waals surface area contributed by atoms with E-state index >= 15 is 0 Å². The van der Waals surface area contributed by atoms with E-state index in [-0.39, 0.29) is 0 Å². The highest BCUT2D eigenvalue weighted by atomic mass is 79.9. The topological polar surface area (TPSA) is 40.7 Å². The number of aromatic nitrogens is 2. The molecule has 7 heteroatoms. The van der Waals surface area contributed by atoms with Gasteiger partial charge in [-0.15, -0.1) is 0 Å². The first-order valence-electron chi connectivity index (χ1n) is 5.05. The minimum atomic E-state index is -4.33. The normalized spacial score (nSPS) is 11.6. The van der Waals surface area contributed by atoms with Gasteiger partial charge in [0.2, 0.25) is 0 Å². The van der Waals surface area contributed by atoms with Crippen LogP contribution in [0.2, 0.25) is 0 Å². The van der Waals surface area contributed by atoms with Gasteiger partial charge in [0.05, 0.1) is 17.8 Å². The van der Waals surface area contributed by atoms with Crippen molar-refractivity contribution in [2.24, 2.45) is 0 Å². The van der Waals surface area contributed by atoms with Crippen LogP contribution in [0.5, 0.6) is 0 Å². The van der Waals surface area contributed by atoms with Crippen molar-refractivity contribution in [2.45, 2.75) is 12.7 Å². The third kappa shape index (κ3) is 3.04. The van der Waals surface area contributed by atoms with Gasteiger partial charge in [0, 0.05) is 16.4 Å². The summed E-state index contributed by atoms with van der Waals surface area (Å²) < 4.78 is 37.7. The van der Waals surface area contributed by atoms with Crippen LogP contribution in [0.4, 0.5) is 18.9 Å². The van der Waals surface area contributed by atoms with Crippen LogP contribution in [-0.4, -0.2) is 10.2 Å². The second-order valence-corrected chi connectivity index (χ2v) is 4.48. The molecule has 0 atom stereocenters. The van der Waals surface area contributed by atoms with Crippen molar-refractivity contribution in [1.29, 1.82) is 0 Å². The van der Waals surface area contributed by atoms with Crippen LogP contribution in [0.25, 0.3) is 0 Å². The number of hydrogen-bond acceptors (Lipinski definition) is 2. The highest BCUT2D eigenvalue weighted by molar-refractivity contribution is 9.10. The van der Waals surface area contributed by atoms with Gasteiger partial charge >= 0.3 is 6.18 Å². The lowest BCUT2D eigenvalue weighted by molar-refractivity contribution is -0.137. The summed E-state index contributed by atoms with van der Waals surface area (Å²) in [7, 11) is 0. The summed E-state index contributed by atoms with van der Waals surface area (Å²) in [5.74, 6) is 0. The molecule has 1 heterocycles. The number of benzene rings is 1. The first-order valence-corrected chi connectivity index (χ1v) is 5.85. The second-order valence-electron chi connectivity index (χ2n) is 3.63. The standard InChI is InChI=1S/C11H9BrF3N3/c12-9-5-7(11(13,14)15)1-2-10(9)16-6-8-3-4-17-18-8/h1-5,16H,6H2,(H,17,18). The van der Waals surface area contributed by atoms with E-state index in [1.807, 2.05) is 0 Å². The molecule has 3 nitrogen and oxygen atoms in total. The van der Waals surface area contributed by atoms with E-state index in [1.54, 1.807) is 12.3 Å². The van der Waals surface area contributed by atoms with Crippen LogP contribution in [0, 0.1) is 0 Å². The Hall–Kier alpha value is -1.50. The Labute approximate surface area is 110 Å². The van der Waals surface area contributed by atoms with E-state index < -0.39 is 11.7 Å². The molecule has 0 amide bonds. The maximum absolute atomic E-state index is 12.5. The van der Waals surface area contributed by atoms with Gasteiger partial charge in [0.25, 0.3) is 0 Å².